The molecule has 0 aromatic carbocycles. The summed E-state index contributed by atoms with van der Waals surface area (Å²) in [6.07, 6.45) is 9.94. The van der Waals surface area contributed by atoms with E-state index < -0.39 is 0 Å². The van der Waals surface area contributed by atoms with Gasteiger partial charge in [-0.25, -0.2) is 0 Å². The van der Waals surface area contributed by atoms with Gasteiger partial charge in [0, 0.05) is 12.0 Å². The van der Waals surface area contributed by atoms with E-state index in [0.29, 0.717) is 11.0 Å². The molecule has 1 heteroatoms. The first-order chi connectivity index (χ1) is 6.87. The normalized spacial score (nSPS) is 24.7. The number of unbranched alkanes of at least 4 members (excludes halogenated alkanes) is 1. The average molecular weight is 207 g/mol. The van der Waals surface area contributed by atoms with E-state index in [1.807, 2.05) is 0 Å². The maximum Gasteiger partial charge on any atom is 0.0158 e. The Kier molecular flexibility index (Phi) is 3.84. The van der Waals surface area contributed by atoms with Gasteiger partial charge in [-0.1, -0.05) is 13.8 Å². The van der Waals surface area contributed by atoms with Crippen LogP contribution in [0.4, 0.5) is 0 Å². The molecule has 1 rings (SSSR count). The number of hydrogen-bond donors (Lipinski definition) is 0. The van der Waals surface area contributed by atoms with Crippen molar-refractivity contribution in [3.05, 3.63) is 0 Å². The molecule has 0 atom stereocenters. The van der Waals surface area contributed by atoms with Gasteiger partial charge in [-0.05, 0) is 51.6 Å². The summed E-state index contributed by atoms with van der Waals surface area (Å²) < 4.78 is 0. The van der Waals surface area contributed by atoms with Gasteiger partial charge in [-0.3, -0.25) is 4.90 Å². The number of hydrogen-bond acceptors (Lipinski definition) is 1. The zero-order valence-electron chi connectivity index (χ0n) is 10.8. The van der Waals surface area contributed by atoms with Crippen LogP contribution in [0.2, 0.25) is 0 Å². The zero-order chi connectivity index (χ0) is 11.5. The van der Waals surface area contributed by atoms with Crippen LogP contribution in [0.15, 0.2) is 0 Å². The lowest BCUT2D eigenvalue weighted by molar-refractivity contribution is 0.0129. The minimum Gasteiger partial charge on any atom is -0.298 e. The summed E-state index contributed by atoms with van der Waals surface area (Å²) in [7, 11) is 0. The third-order valence-electron chi connectivity index (χ3n) is 3.57. The summed E-state index contributed by atoms with van der Waals surface area (Å²) in [5.41, 5.74) is 0.850. The van der Waals surface area contributed by atoms with Gasteiger partial charge in [-0.2, -0.15) is 0 Å². The van der Waals surface area contributed by atoms with Crippen molar-refractivity contribution in [2.24, 2.45) is 5.41 Å². The summed E-state index contributed by atoms with van der Waals surface area (Å²) in [5, 5.41) is 0. The lowest BCUT2D eigenvalue weighted by atomic mass is 9.73. The molecule has 1 fully saturated rings. The molecule has 1 saturated heterocycles. The van der Waals surface area contributed by atoms with Crippen LogP contribution in [0.25, 0.3) is 0 Å². The summed E-state index contributed by atoms with van der Waals surface area (Å²) >= 11 is 0. The fourth-order valence-corrected chi connectivity index (χ4v) is 2.90. The van der Waals surface area contributed by atoms with Crippen LogP contribution >= 0.6 is 0 Å². The molecule has 0 unspecified atom stereocenters. The maximum absolute atomic E-state index is 5.29. The number of nitrogens with zero attached hydrogens (tertiary/aromatic N) is 1. The van der Waals surface area contributed by atoms with Gasteiger partial charge in [0.1, 0.15) is 0 Å². The molecule has 0 amide bonds. The smallest absolute Gasteiger partial charge is 0.0158 e. The van der Waals surface area contributed by atoms with E-state index in [0.717, 1.165) is 19.4 Å². The number of piperidine rings is 1. The first kappa shape index (κ1) is 12.6. The molecule has 1 nitrogen and oxygen atoms in total. The van der Waals surface area contributed by atoms with Crippen molar-refractivity contribution in [1.29, 1.82) is 0 Å². The first-order valence-electron chi connectivity index (χ1n) is 6.06. The average Bonchev–Trinajstić information content (AvgIpc) is 2.06. The van der Waals surface area contributed by atoms with Gasteiger partial charge in [0.05, 0.1) is 0 Å². The van der Waals surface area contributed by atoms with Crippen LogP contribution in [0.1, 0.15) is 53.4 Å². The molecule has 1 aliphatic heterocycles. The summed E-state index contributed by atoms with van der Waals surface area (Å²) in [5.74, 6) is 2.72. The Bertz CT molecular complexity index is 245. The van der Waals surface area contributed by atoms with E-state index in [1.165, 1.54) is 19.4 Å². The van der Waals surface area contributed by atoms with E-state index in [2.05, 4.69) is 38.5 Å². The van der Waals surface area contributed by atoms with Crippen molar-refractivity contribution < 1.29 is 0 Å². The molecule has 0 aromatic heterocycles. The highest BCUT2D eigenvalue weighted by Crippen LogP contribution is 2.39. The Morgan fingerprint density at radius 3 is 2.47 bits per heavy atom. The number of rotatable bonds is 3. The fourth-order valence-electron chi connectivity index (χ4n) is 2.90. The second kappa shape index (κ2) is 4.58. The molecule has 0 aliphatic carbocycles. The highest BCUT2D eigenvalue weighted by atomic mass is 15.2. The SMILES string of the molecule is C#CCCCN1CCC(C)(C)CC1(C)C. The molecule has 0 radical (unpaired) electrons. The van der Waals surface area contributed by atoms with Gasteiger partial charge < -0.3 is 0 Å². The van der Waals surface area contributed by atoms with Crippen molar-refractivity contribution >= 4 is 0 Å². The standard InChI is InChI=1S/C14H25N/c1-6-7-8-10-15-11-9-13(2,3)12-14(15,4)5/h1H,7-12H2,2-5H3. The molecule has 1 heterocycles. The second-order valence-corrected chi connectivity index (χ2v) is 6.20. The van der Waals surface area contributed by atoms with E-state index in [9.17, 15) is 0 Å². The molecule has 0 saturated carbocycles. The minimum absolute atomic E-state index is 0.344. The van der Waals surface area contributed by atoms with E-state index in [1.54, 1.807) is 0 Å². The van der Waals surface area contributed by atoms with Crippen molar-refractivity contribution in [2.75, 3.05) is 13.1 Å². The fraction of sp³-hybridized carbons (Fsp3) is 0.857. The van der Waals surface area contributed by atoms with E-state index >= 15 is 0 Å². The van der Waals surface area contributed by atoms with Crippen molar-refractivity contribution in [3.8, 4) is 12.3 Å². The molecule has 86 valence electrons. The predicted octanol–water partition coefficient (Wildman–Crippen LogP) is 3.30. The van der Waals surface area contributed by atoms with Crippen LogP contribution in [0, 0.1) is 17.8 Å². The van der Waals surface area contributed by atoms with Gasteiger partial charge in [0.15, 0.2) is 0 Å². The Balaban J connectivity index is 2.50. The van der Waals surface area contributed by atoms with Crippen molar-refractivity contribution in [3.63, 3.8) is 0 Å². The quantitative estimate of drug-likeness (QED) is 0.507. The molecule has 0 N–H and O–H groups in total. The number of terminal acetylenes is 1. The van der Waals surface area contributed by atoms with Gasteiger partial charge in [0.2, 0.25) is 0 Å². The first-order valence-corrected chi connectivity index (χ1v) is 6.06. The van der Waals surface area contributed by atoms with Crippen molar-refractivity contribution in [1.82, 2.24) is 4.90 Å². The van der Waals surface area contributed by atoms with Crippen LogP contribution in [-0.2, 0) is 0 Å². The molecule has 0 bridgehead atoms. The third-order valence-corrected chi connectivity index (χ3v) is 3.57. The Hall–Kier alpha value is -0.480. The second-order valence-electron chi connectivity index (χ2n) is 6.20. The largest absolute Gasteiger partial charge is 0.298 e. The highest BCUT2D eigenvalue weighted by Gasteiger charge is 2.37. The molecule has 0 spiro atoms. The summed E-state index contributed by atoms with van der Waals surface area (Å²) in [4.78, 5) is 2.61. The summed E-state index contributed by atoms with van der Waals surface area (Å²) in [6.45, 7) is 11.9. The lowest BCUT2D eigenvalue weighted by Crippen LogP contribution is -2.52. The van der Waals surface area contributed by atoms with E-state index in [4.69, 9.17) is 6.42 Å². The molecule has 0 aromatic rings. The maximum atomic E-state index is 5.29. The molecular formula is C14H25N. The predicted molar refractivity (Wildman–Crippen MR) is 66.7 cm³/mol. The van der Waals surface area contributed by atoms with Gasteiger partial charge in [-0.15, -0.1) is 12.3 Å². The van der Waals surface area contributed by atoms with Gasteiger partial charge in [0.25, 0.3) is 0 Å². The van der Waals surface area contributed by atoms with Crippen molar-refractivity contribution in [2.45, 2.75) is 58.9 Å². The highest BCUT2D eigenvalue weighted by molar-refractivity contribution is 4.93. The topological polar surface area (TPSA) is 3.24 Å². The Morgan fingerprint density at radius 1 is 1.27 bits per heavy atom. The zero-order valence-corrected chi connectivity index (χ0v) is 10.8. The Labute approximate surface area is 95.2 Å². The third kappa shape index (κ3) is 3.54. The number of likely N-dealkylation sites (tertiary alicyclic amines) is 1. The van der Waals surface area contributed by atoms with Gasteiger partial charge >= 0.3 is 0 Å². The molecular weight excluding hydrogens is 182 g/mol. The lowest BCUT2D eigenvalue weighted by Gasteiger charge is -2.49. The molecule has 1 aliphatic rings. The Morgan fingerprint density at radius 2 is 1.93 bits per heavy atom. The van der Waals surface area contributed by atoms with Crippen LogP contribution in [-0.4, -0.2) is 23.5 Å². The monoisotopic (exact) mass is 207 g/mol. The molecule has 15 heavy (non-hydrogen) atoms. The van der Waals surface area contributed by atoms with Crippen LogP contribution in [0.5, 0.6) is 0 Å². The summed E-state index contributed by atoms with van der Waals surface area (Å²) in [6, 6.07) is 0. The minimum atomic E-state index is 0.344. The van der Waals surface area contributed by atoms with E-state index in [-0.39, 0.29) is 0 Å². The van der Waals surface area contributed by atoms with Crippen LogP contribution in [0.3, 0.4) is 0 Å². The van der Waals surface area contributed by atoms with Crippen LogP contribution < -0.4 is 0 Å².